The minimum Gasteiger partial charge on any atom is -0.310 e. The van der Waals surface area contributed by atoms with Crippen molar-refractivity contribution in [3.8, 4) is 27.9 Å². The number of nitrogens with zero attached hydrogens (tertiary/aromatic N) is 2. The van der Waals surface area contributed by atoms with Crippen molar-refractivity contribution in [3.63, 3.8) is 0 Å². The first-order valence-electron chi connectivity index (χ1n) is 18.4. The van der Waals surface area contributed by atoms with Gasteiger partial charge in [0.2, 0.25) is 0 Å². The average molecular weight is 675 g/mol. The van der Waals surface area contributed by atoms with E-state index in [-0.39, 0.29) is 0 Å². The van der Waals surface area contributed by atoms with Gasteiger partial charge in [0.15, 0.2) is 0 Å². The molecule has 0 amide bonds. The summed E-state index contributed by atoms with van der Waals surface area (Å²) in [6.45, 7) is 0. The Balaban J connectivity index is 1.03. The molecule has 0 unspecified atom stereocenters. The van der Waals surface area contributed by atoms with Crippen LogP contribution < -0.4 is 4.90 Å². The second kappa shape index (κ2) is 11.8. The SMILES string of the molecule is c1ccc2cc(N3c4ccc(-c5ccc(-n6c7ccccc7c7ccccc76)cc5)cc4Cc4cc(-c5cccc6ccccc56)ccc43)ccc2c1. The number of para-hydroxylation sites is 2. The molecule has 248 valence electrons. The number of fused-ring (bicyclic) bond motifs is 7. The van der Waals surface area contributed by atoms with Crippen LogP contribution in [0.15, 0.2) is 194 Å². The van der Waals surface area contributed by atoms with Crippen LogP contribution in [0.1, 0.15) is 11.1 Å². The highest BCUT2D eigenvalue weighted by Crippen LogP contribution is 2.47. The third kappa shape index (κ3) is 4.80. The Morgan fingerprint density at radius 3 is 1.62 bits per heavy atom. The summed E-state index contributed by atoms with van der Waals surface area (Å²) in [6.07, 6.45) is 0.862. The van der Waals surface area contributed by atoms with Crippen LogP contribution in [0.2, 0.25) is 0 Å². The van der Waals surface area contributed by atoms with Crippen LogP contribution in [-0.4, -0.2) is 4.57 Å². The van der Waals surface area contributed by atoms with E-state index in [0.717, 1.165) is 6.42 Å². The zero-order valence-corrected chi connectivity index (χ0v) is 29.1. The van der Waals surface area contributed by atoms with Crippen LogP contribution in [-0.2, 0) is 6.42 Å². The Bertz CT molecular complexity index is 2980. The second-order valence-corrected chi connectivity index (χ2v) is 14.2. The number of rotatable bonds is 4. The molecule has 0 saturated heterocycles. The fraction of sp³-hybridized carbons (Fsp3) is 0.0196. The van der Waals surface area contributed by atoms with Gasteiger partial charge in [-0.15, -0.1) is 0 Å². The van der Waals surface area contributed by atoms with Crippen molar-refractivity contribution in [2.24, 2.45) is 0 Å². The molecule has 0 atom stereocenters. The van der Waals surface area contributed by atoms with E-state index < -0.39 is 0 Å². The first-order chi connectivity index (χ1) is 26.3. The van der Waals surface area contributed by atoms with Gasteiger partial charge < -0.3 is 9.47 Å². The summed E-state index contributed by atoms with van der Waals surface area (Å²) in [5.74, 6) is 0. The minimum atomic E-state index is 0.862. The molecule has 0 bridgehead atoms. The van der Waals surface area contributed by atoms with Crippen LogP contribution >= 0.6 is 0 Å². The maximum Gasteiger partial charge on any atom is 0.0541 e. The first kappa shape index (κ1) is 29.8. The third-order valence-corrected chi connectivity index (χ3v) is 11.2. The minimum absolute atomic E-state index is 0.862. The predicted molar refractivity (Wildman–Crippen MR) is 224 cm³/mol. The molecule has 9 aromatic carbocycles. The molecule has 0 N–H and O–H groups in total. The fourth-order valence-corrected chi connectivity index (χ4v) is 8.65. The number of anilines is 3. The molecule has 0 aliphatic carbocycles. The Kier molecular flexibility index (Phi) is 6.65. The van der Waals surface area contributed by atoms with E-state index >= 15 is 0 Å². The normalized spacial score (nSPS) is 12.4. The molecular formula is C51H34N2. The summed E-state index contributed by atoms with van der Waals surface area (Å²) in [5, 5.41) is 7.60. The molecular weight excluding hydrogens is 641 g/mol. The summed E-state index contributed by atoms with van der Waals surface area (Å²) in [4.78, 5) is 2.46. The lowest BCUT2D eigenvalue weighted by molar-refractivity contribution is 1.09. The largest absolute Gasteiger partial charge is 0.310 e. The number of hydrogen-bond acceptors (Lipinski definition) is 1. The maximum absolute atomic E-state index is 2.46. The smallest absolute Gasteiger partial charge is 0.0541 e. The van der Waals surface area contributed by atoms with E-state index in [2.05, 4.69) is 204 Å². The Morgan fingerprint density at radius 2 is 0.887 bits per heavy atom. The van der Waals surface area contributed by atoms with Gasteiger partial charge in [-0.1, -0.05) is 133 Å². The van der Waals surface area contributed by atoms with Gasteiger partial charge in [-0.25, -0.2) is 0 Å². The highest BCUT2D eigenvalue weighted by Gasteiger charge is 2.25. The Morgan fingerprint density at radius 1 is 0.340 bits per heavy atom. The van der Waals surface area contributed by atoms with Gasteiger partial charge in [0.25, 0.3) is 0 Å². The zero-order chi connectivity index (χ0) is 34.9. The second-order valence-electron chi connectivity index (χ2n) is 14.2. The number of hydrogen-bond donors (Lipinski definition) is 0. The van der Waals surface area contributed by atoms with Crippen molar-refractivity contribution in [3.05, 3.63) is 205 Å². The molecule has 10 aromatic rings. The Hall–Kier alpha value is -6.90. The number of benzene rings is 9. The summed E-state index contributed by atoms with van der Waals surface area (Å²) in [5.41, 5.74) is 14.9. The monoisotopic (exact) mass is 674 g/mol. The standard InChI is InChI=1S/C51H34N2/c1-2-12-37-33-43(27-22-34(37)10-1)53-48-28-23-38(35-20-25-42(26-21-35)52-50-18-7-5-15-46(50)47-16-6-8-19-51(47)52)30-40(48)32-41-31-39(24-29-49(41)53)45-17-9-13-36-11-3-4-14-44(36)45/h1-31,33H,32H2. The predicted octanol–water partition coefficient (Wildman–Crippen LogP) is 13.8. The molecule has 0 radical (unpaired) electrons. The van der Waals surface area contributed by atoms with E-state index in [4.69, 9.17) is 0 Å². The van der Waals surface area contributed by atoms with Crippen molar-refractivity contribution in [2.45, 2.75) is 6.42 Å². The molecule has 0 spiro atoms. The van der Waals surface area contributed by atoms with Crippen molar-refractivity contribution in [1.82, 2.24) is 4.57 Å². The molecule has 1 aromatic heterocycles. The van der Waals surface area contributed by atoms with Crippen molar-refractivity contribution in [1.29, 1.82) is 0 Å². The lowest BCUT2D eigenvalue weighted by Crippen LogP contribution is -2.18. The van der Waals surface area contributed by atoms with Crippen LogP contribution in [0, 0.1) is 0 Å². The van der Waals surface area contributed by atoms with Gasteiger partial charge in [0, 0.05) is 39.9 Å². The summed E-state index contributed by atoms with van der Waals surface area (Å²) in [6, 6.07) is 71.3. The molecule has 0 fully saturated rings. The maximum atomic E-state index is 2.46. The summed E-state index contributed by atoms with van der Waals surface area (Å²) >= 11 is 0. The van der Waals surface area contributed by atoms with Crippen molar-refractivity contribution < 1.29 is 0 Å². The van der Waals surface area contributed by atoms with Crippen LogP contribution in [0.25, 0.3) is 71.3 Å². The Labute approximate surface area is 308 Å². The van der Waals surface area contributed by atoms with Gasteiger partial charge in [-0.2, -0.15) is 0 Å². The van der Waals surface area contributed by atoms with Crippen molar-refractivity contribution >= 4 is 60.4 Å². The van der Waals surface area contributed by atoms with E-state index in [0.29, 0.717) is 0 Å². The molecule has 1 aliphatic heterocycles. The average Bonchev–Trinajstić information content (AvgIpc) is 3.56. The van der Waals surface area contributed by atoms with E-state index in [1.165, 1.54) is 99.5 Å². The van der Waals surface area contributed by atoms with E-state index in [1.54, 1.807) is 0 Å². The fourth-order valence-electron chi connectivity index (χ4n) is 8.65. The van der Waals surface area contributed by atoms with Crippen LogP contribution in [0.4, 0.5) is 17.1 Å². The highest BCUT2D eigenvalue weighted by atomic mass is 15.2. The number of aromatic nitrogens is 1. The molecule has 2 nitrogen and oxygen atoms in total. The van der Waals surface area contributed by atoms with Gasteiger partial charge in [-0.3, -0.25) is 0 Å². The molecule has 0 saturated carbocycles. The van der Waals surface area contributed by atoms with Crippen LogP contribution in [0.5, 0.6) is 0 Å². The molecule has 1 aliphatic rings. The topological polar surface area (TPSA) is 8.17 Å². The third-order valence-electron chi connectivity index (χ3n) is 11.2. The summed E-state index contributed by atoms with van der Waals surface area (Å²) in [7, 11) is 0. The first-order valence-corrected chi connectivity index (χ1v) is 18.4. The van der Waals surface area contributed by atoms with Gasteiger partial charge >= 0.3 is 0 Å². The molecule has 2 heterocycles. The van der Waals surface area contributed by atoms with Crippen molar-refractivity contribution in [2.75, 3.05) is 4.90 Å². The highest BCUT2D eigenvalue weighted by molar-refractivity contribution is 6.09. The lowest BCUT2D eigenvalue weighted by Gasteiger charge is -2.34. The van der Waals surface area contributed by atoms with Gasteiger partial charge in [-0.05, 0) is 116 Å². The van der Waals surface area contributed by atoms with E-state index in [1.807, 2.05) is 0 Å². The van der Waals surface area contributed by atoms with E-state index in [9.17, 15) is 0 Å². The van der Waals surface area contributed by atoms with Crippen LogP contribution in [0.3, 0.4) is 0 Å². The zero-order valence-electron chi connectivity index (χ0n) is 29.1. The molecule has 2 heteroatoms. The summed E-state index contributed by atoms with van der Waals surface area (Å²) < 4.78 is 2.38. The molecule has 11 rings (SSSR count). The lowest BCUT2D eigenvalue weighted by atomic mass is 9.89. The molecule has 53 heavy (non-hydrogen) atoms. The van der Waals surface area contributed by atoms with Gasteiger partial charge in [0.1, 0.15) is 0 Å². The quantitative estimate of drug-likeness (QED) is 0.180. The van der Waals surface area contributed by atoms with Gasteiger partial charge in [0.05, 0.1) is 11.0 Å².